The summed E-state index contributed by atoms with van der Waals surface area (Å²) in [7, 11) is 0. The number of hydrogen-bond acceptors (Lipinski definition) is 7. The summed E-state index contributed by atoms with van der Waals surface area (Å²) in [6.45, 7) is 7.87. The van der Waals surface area contributed by atoms with Gasteiger partial charge in [0.15, 0.2) is 16.8 Å². The first-order valence-corrected chi connectivity index (χ1v) is 12.8. The van der Waals surface area contributed by atoms with E-state index in [9.17, 15) is 9.59 Å². The number of hydrogen-bond donors (Lipinski definition) is 1. The Balaban J connectivity index is 1.64. The van der Waals surface area contributed by atoms with Crippen LogP contribution in [-0.4, -0.2) is 48.8 Å². The van der Waals surface area contributed by atoms with Gasteiger partial charge in [0.2, 0.25) is 0 Å². The molecule has 0 saturated heterocycles. The molecule has 8 nitrogen and oxygen atoms in total. The number of nitrogens with zero attached hydrogens (tertiary/aromatic N) is 4. The number of esters is 1. The van der Waals surface area contributed by atoms with Crippen LogP contribution >= 0.6 is 11.8 Å². The van der Waals surface area contributed by atoms with Crippen LogP contribution in [-0.2, 0) is 4.74 Å². The fraction of sp³-hybridized carbons (Fsp3) is 0.480. The highest BCUT2D eigenvalue weighted by Gasteiger charge is 2.30. The van der Waals surface area contributed by atoms with E-state index in [1.54, 1.807) is 33.2 Å². The molecule has 3 heterocycles. The van der Waals surface area contributed by atoms with E-state index in [0.29, 0.717) is 33.6 Å². The molecule has 1 aliphatic carbocycles. The van der Waals surface area contributed by atoms with Gasteiger partial charge in [0.25, 0.3) is 0 Å². The first-order chi connectivity index (χ1) is 16.4. The van der Waals surface area contributed by atoms with Crippen LogP contribution in [0.2, 0.25) is 0 Å². The van der Waals surface area contributed by atoms with E-state index < -0.39 is 5.97 Å². The third-order valence-corrected chi connectivity index (χ3v) is 7.39. The molecule has 34 heavy (non-hydrogen) atoms. The zero-order valence-electron chi connectivity index (χ0n) is 20.1. The van der Waals surface area contributed by atoms with Crippen molar-refractivity contribution in [3.63, 3.8) is 0 Å². The van der Waals surface area contributed by atoms with Gasteiger partial charge in [-0.15, -0.1) is 10.2 Å². The summed E-state index contributed by atoms with van der Waals surface area (Å²) in [4.78, 5) is 33.2. The Morgan fingerprint density at radius 3 is 2.65 bits per heavy atom. The third kappa shape index (κ3) is 4.80. The number of carbonyl (C=O) groups excluding carboxylic acids is 2. The topological polar surface area (TPSA) is 103 Å². The summed E-state index contributed by atoms with van der Waals surface area (Å²) in [5.74, 6) is 0.805. The van der Waals surface area contributed by atoms with E-state index in [-0.39, 0.29) is 24.2 Å². The molecule has 1 N–H and O–H groups in total. The molecule has 0 aliphatic heterocycles. The number of aromatic amines is 1. The third-order valence-electron chi connectivity index (χ3n) is 6.45. The fourth-order valence-electron chi connectivity index (χ4n) is 4.84. The van der Waals surface area contributed by atoms with Gasteiger partial charge in [0.1, 0.15) is 0 Å². The minimum absolute atomic E-state index is 0.135. The molecule has 1 saturated carbocycles. The highest BCUT2D eigenvalue weighted by Crippen LogP contribution is 2.39. The van der Waals surface area contributed by atoms with Crippen molar-refractivity contribution >= 4 is 23.5 Å². The Morgan fingerprint density at radius 2 is 1.94 bits per heavy atom. The van der Waals surface area contributed by atoms with Gasteiger partial charge < -0.3 is 9.72 Å². The van der Waals surface area contributed by atoms with Gasteiger partial charge in [-0.1, -0.05) is 31.5 Å². The van der Waals surface area contributed by atoms with Crippen molar-refractivity contribution in [2.24, 2.45) is 5.92 Å². The molecule has 0 unspecified atom stereocenters. The summed E-state index contributed by atoms with van der Waals surface area (Å²) in [5.41, 5.74) is 2.94. The van der Waals surface area contributed by atoms with Crippen molar-refractivity contribution in [1.82, 2.24) is 24.7 Å². The second-order valence-electron chi connectivity index (χ2n) is 8.80. The van der Waals surface area contributed by atoms with Crippen LogP contribution in [0.1, 0.15) is 77.7 Å². The largest absolute Gasteiger partial charge is 0.462 e. The average molecular weight is 482 g/mol. The van der Waals surface area contributed by atoms with Crippen molar-refractivity contribution < 1.29 is 14.3 Å². The van der Waals surface area contributed by atoms with Crippen LogP contribution in [0.25, 0.3) is 11.4 Å². The Labute approximate surface area is 203 Å². The number of aromatic nitrogens is 5. The van der Waals surface area contributed by atoms with Crippen molar-refractivity contribution in [3.8, 4) is 11.4 Å². The second-order valence-corrected chi connectivity index (χ2v) is 9.75. The number of carbonyl (C=O) groups is 2. The monoisotopic (exact) mass is 481 g/mol. The Hall–Kier alpha value is -2.94. The maximum absolute atomic E-state index is 13.3. The average Bonchev–Trinajstić information content (AvgIpc) is 3.38. The maximum atomic E-state index is 13.3. The molecule has 0 amide bonds. The number of pyridine rings is 1. The summed E-state index contributed by atoms with van der Waals surface area (Å²) in [6.07, 6.45) is 8.13. The molecule has 2 atom stereocenters. The Kier molecular flexibility index (Phi) is 7.50. The standard InChI is InChI=1S/C25H31N5O3S/c1-5-33-24(32)22-17(4)27-16(3)21(22)20(31)14-34-25-29-28-23(18-10-8-12-26-13-18)30(25)19-11-7-6-9-15(19)2/h8,10,12-13,15,19,27H,5-7,9,11,14H2,1-4H3/t15-,19-/m1/s1. The number of nitrogens with one attached hydrogen (secondary N) is 1. The maximum Gasteiger partial charge on any atom is 0.340 e. The van der Waals surface area contributed by atoms with E-state index in [1.165, 1.54) is 18.2 Å². The van der Waals surface area contributed by atoms with Gasteiger partial charge >= 0.3 is 5.97 Å². The lowest BCUT2D eigenvalue weighted by molar-refractivity contribution is 0.0522. The molecular weight excluding hydrogens is 450 g/mol. The molecule has 4 rings (SSSR count). The Bertz CT molecular complexity index is 1170. The Morgan fingerprint density at radius 1 is 1.18 bits per heavy atom. The molecule has 1 aliphatic rings. The molecule has 3 aromatic heterocycles. The first kappa shape index (κ1) is 24.2. The lowest BCUT2D eigenvalue weighted by atomic mass is 9.85. The van der Waals surface area contributed by atoms with E-state index >= 15 is 0 Å². The summed E-state index contributed by atoms with van der Waals surface area (Å²) in [6, 6.07) is 4.14. The smallest absolute Gasteiger partial charge is 0.340 e. The first-order valence-electron chi connectivity index (χ1n) is 11.8. The molecule has 0 bridgehead atoms. The van der Waals surface area contributed by atoms with Crippen LogP contribution < -0.4 is 0 Å². The molecule has 3 aromatic rings. The number of ether oxygens (including phenoxy) is 1. The highest BCUT2D eigenvalue weighted by atomic mass is 32.2. The summed E-state index contributed by atoms with van der Waals surface area (Å²) in [5, 5.41) is 9.69. The molecule has 1 fully saturated rings. The van der Waals surface area contributed by atoms with E-state index in [2.05, 4.69) is 31.7 Å². The van der Waals surface area contributed by atoms with Gasteiger partial charge in [-0.3, -0.25) is 14.3 Å². The van der Waals surface area contributed by atoms with E-state index in [0.717, 1.165) is 30.7 Å². The van der Waals surface area contributed by atoms with Crippen molar-refractivity contribution in [1.29, 1.82) is 0 Å². The van der Waals surface area contributed by atoms with Crippen LogP contribution in [0, 0.1) is 19.8 Å². The lowest BCUT2D eigenvalue weighted by Gasteiger charge is -2.31. The lowest BCUT2D eigenvalue weighted by Crippen LogP contribution is -2.23. The van der Waals surface area contributed by atoms with Crippen molar-refractivity contribution in [3.05, 3.63) is 47.0 Å². The summed E-state index contributed by atoms with van der Waals surface area (Å²) >= 11 is 1.37. The zero-order valence-corrected chi connectivity index (χ0v) is 20.9. The van der Waals surface area contributed by atoms with Gasteiger partial charge in [-0.2, -0.15) is 0 Å². The predicted molar refractivity (Wildman–Crippen MR) is 131 cm³/mol. The normalized spacial score (nSPS) is 18.1. The van der Waals surface area contributed by atoms with Crippen LogP contribution in [0.3, 0.4) is 0 Å². The molecular formula is C25H31N5O3S. The molecule has 180 valence electrons. The number of rotatable bonds is 8. The zero-order chi connectivity index (χ0) is 24.2. The minimum atomic E-state index is -0.476. The number of ketones is 1. The predicted octanol–water partition coefficient (Wildman–Crippen LogP) is 5.19. The number of H-pyrrole nitrogens is 1. The molecule has 0 spiro atoms. The number of aryl methyl sites for hydroxylation is 2. The van der Waals surface area contributed by atoms with Crippen LogP contribution in [0.15, 0.2) is 29.7 Å². The minimum Gasteiger partial charge on any atom is -0.462 e. The van der Waals surface area contributed by atoms with Crippen LogP contribution in [0.5, 0.6) is 0 Å². The quantitative estimate of drug-likeness (QED) is 0.268. The van der Waals surface area contributed by atoms with E-state index in [1.807, 2.05) is 12.1 Å². The molecule has 9 heteroatoms. The van der Waals surface area contributed by atoms with Crippen molar-refractivity contribution in [2.45, 2.75) is 64.6 Å². The van der Waals surface area contributed by atoms with Crippen molar-refractivity contribution in [2.75, 3.05) is 12.4 Å². The van der Waals surface area contributed by atoms with Gasteiger partial charge in [0, 0.05) is 35.4 Å². The number of Topliss-reactive ketones (excluding diaryl/α,β-unsaturated/α-hetero) is 1. The van der Waals surface area contributed by atoms with Crippen LogP contribution in [0.4, 0.5) is 0 Å². The summed E-state index contributed by atoms with van der Waals surface area (Å²) < 4.78 is 7.38. The van der Waals surface area contributed by atoms with Gasteiger partial charge in [0.05, 0.1) is 23.5 Å². The molecule has 0 radical (unpaired) electrons. The second kappa shape index (κ2) is 10.5. The number of thioether (sulfide) groups is 1. The SMILES string of the molecule is CCOC(=O)c1c(C)[nH]c(C)c1C(=O)CSc1nnc(-c2cccnc2)n1[C@@H]1CCCC[C@H]1C. The van der Waals surface area contributed by atoms with E-state index in [4.69, 9.17) is 4.74 Å². The fourth-order valence-corrected chi connectivity index (χ4v) is 5.70. The highest BCUT2D eigenvalue weighted by molar-refractivity contribution is 7.99. The van der Waals surface area contributed by atoms with Gasteiger partial charge in [-0.25, -0.2) is 4.79 Å². The van der Waals surface area contributed by atoms with Gasteiger partial charge in [-0.05, 0) is 51.7 Å². The molecule has 0 aromatic carbocycles.